The Morgan fingerprint density at radius 3 is 2.44 bits per heavy atom. The summed E-state index contributed by atoms with van der Waals surface area (Å²) in [6.45, 7) is 5.89. The molecular weight excluding hydrogens is 459 g/mol. The van der Waals surface area contributed by atoms with E-state index >= 15 is 0 Å². The smallest absolute Gasteiger partial charge is 0.475 e. The first kappa shape index (κ1) is 25.8. The third-order valence-corrected chi connectivity index (χ3v) is 4.59. The minimum Gasteiger partial charge on any atom is -0.475 e. The van der Waals surface area contributed by atoms with Crippen molar-refractivity contribution < 1.29 is 46.5 Å². The molecule has 1 aliphatic heterocycles. The van der Waals surface area contributed by atoms with E-state index in [1.165, 1.54) is 19.1 Å². The molecule has 1 aromatic rings. The summed E-state index contributed by atoms with van der Waals surface area (Å²) in [5.74, 6) is 3.36. The van der Waals surface area contributed by atoms with Crippen LogP contribution in [0.3, 0.4) is 0 Å². The van der Waals surface area contributed by atoms with Gasteiger partial charge < -0.3 is 23.8 Å². The number of alkyl halides is 3. The van der Waals surface area contributed by atoms with Crippen LogP contribution < -0.4 is 10.6 Å². The van der Waals surface area contributed by atoms with E-state index in [0.717, 1.165) is 6.08 Å². The molecule has 0 saturated carbocycles. The molecule has 1 aromatic carbocycles. The number of halogens is 4. The lowest BCUT2D eigenvalue weighted by Gasteiger charge is -2.30. The fourth-order valence-electron chi connectivity index (χ4n) is 2.78. The largest absolute Gasteiger partial charge is 0.511 e. The predicted molar refractivity (Wildman–Crippen MR) is 107 cm³/mol. The third-order valence-electron chi connectivity index (χ3n) is 4.27. The lowest BCUT2D eigenvalue weighted by atomic mass is 9.85. The number of carbonyl (C=O) groups excluding carboxylic acids is 2. The van der Waals surface area contributed by atoms with E-state index in [0.29, 0.717) is 10.6 Å². The van der Waals surface area contributed by atoms with E-state index in [-0.39, 0.29) is 17.9 Å². The molecule has 0 bridgehead atoms. The van der Waals surface area contributed by atoms with Crippen LogP contribution in [0.5, 0.6) is 5.75 Å². The first-order valence-electron chi connectivity index (χ1n) is 9.35. The van der Waals surface area contributed by atoms with Gasteiger partial charge in [-0.25, -0.2) is 15.5 Å². The van der Waals surface area contributed by atoms with Crippen LogP contribution in [-0.4, -0.2) is 43.9 Å². The van der Waals surface area contributed by atoms with E-state index in [1.54, 1.807) is 0 Å². The van der Waals surface area contributed by atoms with Crippen LogP contribution in [0.25, 0.3) is 6.08 Å². The van der Waals surface area contributed by atoms with Crippen molar-refractivity contribution in [3.8, 4) is 5.75 Å². The highest BCUT2D eigenvalue weighted by Crippen LogP contribution is 2.42. The predicted octanol–water partition coefficient (Wildman–Crippen LogP) is 4.28. The zero-order valence-corrected chi connectivity index (χ0v) is 18.5. The molecule has 1 aliphatic rings. The molecule has 12 heteroatoms. The summed E-state index contributed by atoms with van der Waals surface area (Å²) in [7, 11) is 0. The number of fused-ring (bicyclic) bond motifs is 1. The number of ether oxygens (including phenoxy) is 4. The highest BCUT2D eigenvalue weighted by Gasteiger charge is 2.49. The number of benzene rings is 1. The van der Waals surface area contributed by atoms with E-state index in [2.05, 4.69) is 14.3 Å². The lowest BCUT2D eigenvalue weighted by Crippen LogP contribution is -2.41. The van der Waals surface area contributed by atoms with Gasteiger partial charge in [0.05, 0.1) is 5.57 Å². The van der Waals surface area contributed by atoms with Gasteiger partial charge in [-0.3, -0.25) is 0 Å². The van der Waals surface area contributed by atoms with Crippen molar-refractivity contribution in [3.05, 3.63) is 33.9 Å². The van der Waals surface area contributed by atoms with Crippen molar-refractivity contribution in [3.63, 3.8) is 0 Å². The number of carbonyl (C=O) groups is 2. The summed E-state index contributed by atoms with van der Waals surface area (Å²) in [6, 6.07) is 2.83. The second kappa shape index (κ2) is 9.97. The zero-order valence-electron chi connectivity index (χ0n) is 17.7. The first-order valence-corrected chi connectivity index (χ1v) is 9.73. The molecule has 0 aliphatic carbocycles. The summed E-state index contributed by atoms with van der Waals surface area (Å²) < 4.78 is 59.8. The van der Waals surface area contributed by atoms with Crippen LogP contribution in [0, 0.1) is 0 Å². The van der Waals surface area contributed by atoms with Crippen LogP contribution in [0.4, 0.5) is 18.0 Å². The van der Waals surface area contributed by atoms with Gasteiger partial charge in [0, 0.05) is 10.6 Å². The van der Waals surface area contributed by atoms with Crippen LogP contribution in [0.15, 0.2) is 17.7 Å². The van der Waals surface area contributed by atoms with Crippen molar-refractivity contribution in [2.45, 2.75) is 51.5 Å². The monoisotopic (exact) mass is 481 g/mol. The van der Waals surface area contributed by atoms with Gasteiger partial charge in [-0.2, -0.15) is 13.2 Å². The van der Waals surface area contributed by atoms with Gasteiger partial charge in [0.25, 0.3) is 0 Å². The number of rotatable bonds is 6. The molecule has 2 rings (SSSR count). The van der Waals surface area contributed by atoms with Crippen LogP contribution in [0.2, 0.25) is 5.02 Å². The lowest BCUT2D eigenvalue weighted by molar-refractivity contribution is -0.189. The van der Waals surface area contributed by atoms with Gasteiger partial charge in [-0.1, -0.05) is 32.4 Å². The van der Waals surface area contributed by atoms with Gasteiger partial charge in [0.2, 0.25) is 12.9 Å². The quantitative estimate of drug-likeness (QED) is 0.364. The summed E-state index contributed by atoms with van der Waals surface area (Å²) in [5, 5.41) is 0.302. The van der Waals surface area contributed by atoms with Gasteiger partial charge in [0.1, 0.15) is 18.5 Å². The molecule has 0 radical (unpaired) electrons. The molecule has 2 atom stereocenters. The Morgan fingerprint density at radius 1 is 1.22 bits per heavy atom. The van der Waals surface area contributed by atoms with E-state index in [4.69, 9.17) is 27.0 Å². The molecule has 8 nitrogen and oxygen atoms in total. The van der Waals surface area contributed by atoms with Gasteiger partial charge in [-0.05, 0) is 36.1 Å². The molecule has 0 amide bonds. The number of nitrogens with two attached hydrogens (primary N) is 1. The summed E-state index contributed by atoms with van der Waals surface area (Å²) >= 11 is 6.27. The van der Waals surface area contributed by atoms with E-state index in [9.17, 15) is 22.8 Å². The first-order chi connectivity index (χ1) is 14.7. The van der Waals surface area contributed by atoms with Crippen molar-refractivity contribution in [2.75, 3.05) is 13.4 Å². The number of esters is 1. The van der Waals surface area contributed by atoms with Crippen LogP contribution >= 0.6 is 11.6 Å². The maximum atomic E-state index is 13.6. The highest BCUT2D eigenvalue weighted by atomic mass is 35.5. The summed E-state index contributed by atoms with van der Waals surface area (Å²) in [4.78, 5) is 28.0. The fourth-order valence-corrected chi connectivity index (χ4v) is 3.24. The standard InChI is InChI=1S/C20H23ClF3NO7/c1-10(8-30-25)31-18(27)29-9-28-17(26)12-5-11-6-14(21)13(19(2,3)4)7-15(11)32-16(12)20(22,23)24/h5-7,10,16H,8-9,25H2,1-4H3. The SMILES string of the molecule is CC(CON)OC(=O)OCOC(=O)C1=Cc2cc(Cl)c(C(C)(C)C)cc2OC1C(F)(F)F. The van der Waals surface area contributed by atoms with Crippen molar-refractivity contribution in [1.29, 1.82) is 0 Å². The Morgan fingerprint density at radius 2 is 1.88 bits per heavy atom. The molecule has 2 unspecified atom stereocenters. The van der Waals surface area contributed by atoms with Gasteiger partial charge >= 0.3 is 18.3 Å². The topological polar surface area (TPSA) is 106 Å². The zero-order chi connectivity index (χ0) is 24.3. The second-order valence-corrected chi connectivity index (χ2v) is 8.37. The maximum Gasteiger partial charge on any atom is 0.511 e. The molecular formula is C20H23ClF3NO7. The minimum atomic E-state index is -4.92. The molecule has 0 fully saturated rings. The molecule has 1 heterocycles. The molecule has 2 N–H and O–H groups in total. The van der Waals surface area contributed by atoms with Crippen LogP contribution in [0.1, 0.15) is 38.8 Å². The van der Waals surface area contributed by atoms with E-state index < -0.39 is 48.3 Å². The van der Waals surface area contributed by atoms with Gasteiger partial charge in [0.15, 0.2) is 0 Å². The summed E-state index contributed by atoms with van der Waals surface area (Å²) in [6.07, 6.45) is -8.50. The average molecular weight is 482 g/mol. The van der Waals surface area contributed by atoms with Crippen molar-refractivity contribution >= 4 is 29.8 Å². The van der Waals surface area contributed by atoms with Crippen molar-refractivity contribution in [1.82, 2.24) is 0 Å². The Labute approximate surface area is 187 Å². The molecule has 178 valence electrons. The molecule has 32 heavy (non-hydrogen) atoms. The number of hydrogen-bond donors (Lipinski definition) is 1. The van der Waals surface area contributed by atoms with Crippen LogP contribution in [-0.2, 0) is 29.3 Å². The second-order valence-electron chi connectivity index (χ2n) is 7.96. The molecule has 0 spiro atoms. The normalized spacial score (nSPS) is 16.9. The molecule has 0 aromatic heterocycles. The Balaban J connectivity index is 2.20. The Hall–Kier alpha value is -2.50. The highest BCUT2D eigenvalue weighted by molar-refractivity contribution is 6.31. The van der Waals surface area contributed by atoms with E-state index in [1.807, 2.05) is 20.8 Å². The summed E-state index contributed by atoms with van der Waals surface area (Å²) in [5.41, 5.74) is -0.525. The Kier molecular flexibility index (Phi) is 8.02. The van der Waals surface area contributed by atoms with Gasteiger partial charge in [-0.15, -0.1) is 0 Å². The molecule has 0 saturated heterocycles. The maximum absolute atomic E-state index is 13.6. The average Bonchev–Trinajstić information content (AvgIpc) is 2.64. The Bertz CT molecular complexity index is 896. The van der Waals surface area contributed by atoms with Crippen molar-refractivity contribution in [2.24, 2.45) is 5.90 Å². The fraction of sp³-hybridized carbons (Fsp3) is 0.500. The minimum absolute atomic E-state index is 0.0749. The third kappa shape index (κ3) is 6.50. The number of hydrogen-bond acceptors (Lipinski definition) is 8.